The van der Waals surface area contributed by atoms with Crippen molar-refractivity contribution in [2.45, 2.75) is 26.8 Å². The van der Waals surface area contributed by atoms with Crippen LogP contribution in [0, 0.1) is 4.77 Å². The normalized spacial score (nSPS) is 13.2. The van der Waals surface area contributed by atoms with Crippen molar-refractivity contribution in [3.05, 3.63) is 27.3 Å². The lowest BCUT2D eigenvalue weighted by molar-refractivity contribution is 0.174. The predicted octanol–water partition coefficient (Wildman–Crippen LogP) is 2.52. The standard InChI is InChI=1S/C16H21N3O3S/c1-3-18(4-2)6-5-7-19-15(20)11-8-13-14(22-10-21-13)9-12(11)17-16(19)23/h8-9H,3-7,10H2,1-2H3,(H,17,23). The summed E-state index contributed by atoms with van der Waals surface area (Å²) in [6.07, 6.45) is 0.884. The summed E-state index contributed by atoms with van der Waals surface area (Å²) in [6, 6.07) is 3.50. The number of hydrogen-bond donors (Lipinski definition) is 1. The van der Waals surface area contributed by atoms with Gasteiger partial charge in [-0.1, -0.05) is 13.8 Å². The Morgan fingerprint density at radius 3 is 2.65 bits per heavy atom. The molecule has 0 atom stereocenters. The fraction of sp³-hybridized carbons (Fsp3) is 0.500. The number of rotatable bonds is 6. The Labute approximate surface area is 139 Å². The monoisotopic (exact) mass is 335 g/mol. The van der Waals surface area contributed by atoms with Gasteiger partial charge in [-0.15, -0.1) is 0 Å². The van der Waals surface area contributed by atoms with E-state index < -0.39 is 0 Å². The first-order valence-electron chi connectivity index (χ1n) is 7.92. The molecule has 1 aromatic heterocycles. The van der Waals surface area contributed by atoms with Crippen molar-refractivity contribution in [2.24, 2.45) is 0 Å². The molecule has 0 saturated carbocycles. The summed E-state index contributed by atoms with van der Waals surface area (Å²) in [5, 5.41) is 0.575. The molecule has 0 fully saturated rings. The van der Waals surface area contributed by atoms with E-state index in [1.165, 1.54) is 0 Å². The third-order valence-corrected chi connectivity index (χ3v) is 4.55. The van der Waals surface area contributed by atoms with Crippen LogP contribution in [-0.4, -0.2) is 40.9 Å². The Bertz CT molecular complexity index is 824. The molecule has 2 aromatic rings. The number of aromatic nitrogens is 2. The SMILES string of the molecule is CCN(CC)CCCn1c(=S)[nH]c2cc3c(cc2c1=O)OCO3. The maximum Gasteiger partial charge on any atom is 0.262 e. The molecule has 1 aliphatic heterocycles. The highest BCUT2D eigenvalue weighted by atomic mass is 32.1. The second-order valence-electron chi connectivity index (χ2n) is 5.52. The van der Waals surface area contributed by atoms with Crippen LogP contribution < -0.4 is 15.0 Å². The lowest BCUT2D eigenvalue weighted by Gasteiger charge is -2.18. The molecule has 7 heteroatoms. The number of benzene rings is 1. The molecule has 0 unspecified atom stereocenters. The van der Waals surface area contributed by atoms with Crippen LogP contribution in [0.4, 0.5) is 0 Å². The van der Waals surface area contributed by atoms with Crippen LogP contribution in [-0.2, 0) is 6.54 Å². The molecule has 0 spiro atoms. The van der Waals surface area contributed by atoms with Crippen LogP contribution >= 0.6 is 12.2 Å². The van der Waals surface area contributed by atoms with Gasteiger partial charge in [0.1, 0.15) is 0 Å². The second-order valence-corrected chi connectivity index (χ2v) is 5.91. The summed E-state index contributed by atoms with van der Waals surface area (Å²) in [5.41, 5.74) is 0.603. The zero-order valence-corrected chi connectivity index (χ0v) is 14.2. The van der Waals surface area contributed by atoms with Gasteiger partial charge in [0.05, 0.1) is 10.9 Å². The number of ether oxygens (including phenoxy) is 2. The van der Waals surface area contributed by atoms with E-state index in [4.69, 9.17) is 21.7 Å². The fourth-order valence-electron chi connectivity index (χ4n) is 2.84. The van der Waals surface area contributed by atoms with Gasteiger partial charge in [0, 0.05) is 12.6 Å². The van der Waals surface area contributed by atoms with Crippen LogP contribution in [0.5, 0.6) is 11.5 Å². The van der Waals surface area contributed by atoms with E-state index in [0.29, 0.717) is 33.7 Å². The Balaban J connectivity index is 1.90. The van der Waals surface area contributed by atoms with Crippen molar-refractivity contribution in [1.82, 2.24) is 14.5 Å². The van der Waals surface area contributed by atoms with Gasteiger partial charge in [-0.3, -0.25) is 9.36 Å². The molecule has 1 N–H and O–H groups in total. The lowest BCUT2D eigenvalue weighted by atomic mass is 10.2. The smallest absolute Gasteiger partial charge is 0.262 e. The summed E-state index contributed by atoms with van der Waals surface area (Å²) in [5.74, 6) is 1.25. The zero-order valence-electron chi connectivity index (χ0n) is 13.4. The number of hydrogen-bond acceptors (Lipinski definition) is 5. The van der Waals surface area contributed by atoms with E-state index >= 15 is 0 Å². The van der Waals surface area contributed by atoms with Gasteiger partial charge in [-0.05, 0) is 44.3 Å². The number of fused-ring (bicyclic) bond motifs is 2. The summed E-state index contributed by atoms with van der Waals surface area (Å²) >= 11 is 5.35. The molecule has 0 radical (unpaired) electrons. The Kier molecular flexibility index (Phi) is 4.68. The minimum Gasteiger partial charge on any atom is -0.454 e. The third kappa shape index (κ3) is 3.11. The number of aromatic amines is 1. The van der Waals surface area contributed by atoms with Crippen molar-refractivity contribution in [3.63, 3.8) is 0 Å². The molecular formula is C16H21N3O3S. The van der Waals surface area contributed by atoms with E-state index in [-0.39, 0.29) is 12.4 Å². The van der Waals surface area contributed by atoms with Gasteiger partial charge < -0.3 is 19.4 Å². The van der Waals surface area contributed by atoms with E-state index in [1.807, 2.05) is 0 Å². The average Bonchev–Trinajstić information content (AvgIpc) is 3.00. The van der Waals surface area contributed by atoms with Crippen LogP contribution in [0.2, 0.25) is 0 Å². The largest absolute Gasteiger partial charge is 0.454 e. The molecule has 1 aromatic carbocycles. The van der Waals surface area contributed by atoms with E-state index in [0.717, 1.165) is 26.1 Å². The van der Waals surface area contributed by atoms with Crippen LogP contribution in [0.25, 0.3) is 10.9 Å². The van der Waals surface area contributed by atoms with Gasteiger partial charge in [0.15, 0.2) is 16.3 Å². The van der Waals surface area contributed by atoms with Crippen molar-refractivity contribution in [1.29, 1.82) is 0 Å². The molecule has 6 nitrogen and oxygen atoms in total. The van der Waals surface area contributed by atoms with Crippen molar-refractivity contribution in [2.75, 3.05) is 26.4 Å². The Morgan fingerprint density at radius 1 is 1.26 bits per heavy atom. The summed E-state index contributed by atoms with van der Waals surface area (Å²) < 4.78 is 12.8. The average molecular weight is 335 g/mol. The maximum atomic E-state index is 12.7. The van der Waals surface area contributed by atoms with Crippen molar-refractivity contribution in [3.8, 4) is 11.5 Å². The molecule has 3 rings (SSSR count). The second kappa shape index (κ2) is 6.72. The summed E-state index contributed by atoms with van der Waals surface area (Å²) in [4.78, 5) is 18.2. The molecule has 124 valence electrons. The predicted molar refractivity (Wildman–Crippen MR) is 91.9 cm³/mol. The maximum absolute atomic E-state index is 12.7. The topological polar surface area (TPSA) is 59.5 Å². The first-order chi connectivity index (χ1) is 11.1. The molecule has 2 heterocycles. The highest BCUT2D eigenvalue weighted by Crippen LogP contribution is 2.34. The molecule has 0 amide bonds. The minimum atomic E-state index is -0.0819. The Hall–Kier alpha value is -1.86. The number of nitrogens with one attached hydrogen (secondary N) is 1. The molecule has 0 aliphatic carbocycles. The highest BCUT2D eigenvalue weighted by molar-refractivity contribution is 7.71. The summed E-state index contributed by atoms with van der Waals surface area (Å²) in [7, 11) is 0. The van der Waals surface area contributed by atoms with E-state index in [9.17, 15) is 4.79 Å². The fourth-order valence-corrected chi connectivity index (χ4v) is 3.12. The first kappa shape index (κ1) is 16.0. The van der Waals surface area contributed by atoms with Gasteiger partial charge in [0.25, 0.3) is 5.56 Å². The summed E-state index contributed by atoms with van der Waals surface area (Å²) in [6.45, 7) is 8.05. The number of nitrogens with zero attached hydrogens (tertiary/aromatic N) is 2. The van der Waals surface area contributed by atoms with Crippen LogP contribution in [0.1, 0.15) is 20.3 Å². The van der Waals surface area contributed by atoms with Gasteiger partial charge in [0.2, 0.25) is 6.79 Å². The van der Waals surface area contributed by atoms with Crippen molar-refractivity contribution >= 4 is 23.1 Å². The van der Waals surface area contributed by atoms with Gasteiger partial charge >= 0.3 is 0 Å². The highest BCUT2D eigenvalue weighted by Gasteiger charge is 2.17. The lowest BCUT2D eigenvalue weighted by Crippen LogP contribution is -2.27. The first-order valence-corrected chi connectivity index (χ1v) is 8.33. The quantitative estimate of drug-likeness (QED) is 0.822. The number of H-pyrrole nitrogens is 1. The molecule has 23 heavy (non-hydrogen) atoms. The van der Waals surface area contributed by atoms with E-state index in [1.54, 1.807) is 16.7 Å². The zero-order chi connectivity index (χ0) is 16.4. The van der Waals surface area contributed by atoms with Crippen LogP contribution in [0.15, 0.2) is 16.9 Å². The minimum absolute atomic E-state index is 0.0819. The molecule has 0 saturated heterocycles. The van der Waals surface area contributed by atoms with Crippen LogP contribution in [0.3, 0.4) is 0 Å². The third-order valence-electron chi connectivity index (χ3n) is 4.23. The van der Waals surface area contributed by atoms with Gasteiger partial charge in [-0.2, -0.15) is 0 Å². The van der Waals surface area contributed by atoms with Gasteiger partial charge in [-0.25, -0.2) is 0 Å². The molecule has 0 bridgehead atoms. The van der Waals surface area contributed by atoms with Crippen molar-refractivity contribution < 1.29 is 9.47 Å². The Morgan fingerprint density at radius 2 is 1.96 bits per heavy atom. The molecular weight excluding hydrogens is 314 g/mol. The molecule has 1 aliphatic rings. The van der Waals surface area contributed by atoms with E-state index in [2.05, 4.69) is 23.7 Å².